The normalized spacial score (nSPS) is 20.6. The van der Waals surface area contributed by atoms with Crippen LogP contribution >= 0.6 is 0 Å². The van der Waals surface area contributed by atoms with E-state index in [0.29, 0.717) is 13.0 Å². The first-order valence-corrected chi connectivity index (χ1v) is 8.50. The number of nitrogen functional groups attached to an aromatic ring is 1. The third kappa shape index (κ3) is 3.20. The van der Waals surface area contributed by atoms with E-state index < -0.39 is 15.8 Å². The zero-order valence-electron chi connectivity index (χ0n) is 12.0. The number of aliphatic hydroxyl groups excluding tert-OH is 1. The molecule has 3 N–H and O–H groups in total. The highest BCUT2D eigenvalue weighted by Crippen LogP contribution is 2.29. The SMILES string of the molecule is Cc1cc(S(=O)(=O)N2CCCCC2CCO)cc(N)c1F. The van der Waals surface area contributed by atoms with Gasteiger partial charge in [0.15, 0.2) is 0 Å². The fourth-order valence-electron chi connectivity index (χ4n) is 2.77. The van der Waals surface area contributed by atoms with E-state index in [0.717, 1.165) is 19.3 Å². The zero-order chi connectivity index (χ0) is 15.6. The van der Waals surface area contributed by atoms with Crippen LogP contribution in [0.2, 0.25) is 0 Å². The molecule has 1 aromatic carbocycles. The Hall–Kier alpha value is -1.18. The van der Waals surface area contributed by atoms with E-state index in [4.69, 9.17) is 10.8 Å². The van der Waals surface area contributed by atoms with Crippen molar-refractivity contribution in [3.8, 4) is 0 Å². The van der Waals surface area contributed by atoms with Crippen LogP contribution in [0.5, 0.6) is 0 Å². The van der Waals surface area contributed by atoms with Crippen LogP contribution in [0.3, 0.4) is 0 Å². The minimum absolute atomic E-state index is 0.0174. The van der Waals surface area contributed by atoms with Crippen molar-refractivity contribution in [3.63, 3.8) is 0 Å². The molecule has 0 saturated carbocycles. The van der Waals surface area contributed by atoms with Crippen molar-refractivity contribution in [1.29, 1.82) is 0 Å². The number of anilines is 1. The quantitative estimate of drug-likeness (QED) is 0.827. The summed E-state index contributed by atoms with van der Waals surface area (Å²) in [6.45, 7) is 1.86. The van der Waals surface area contributed by atoms with Crippen LogP contribution in [-0.2, 0) is 10.0 Å². The third-order valence-electron chi connectivity index (χ3n) is 3.90. The van der Waals surface area contributed by atoms with Gasteiger partial charge in [-0.05, 0) is 43.9 Å². The molecule has 5 nitrogen and oxygen atoms in total. The first-order valence-electron chi connectivity index (χ1n) is 7.06. The molecule has 118 valence electrons. The second-order valence-corrected chi connectivity index (χ2v) is 7.31. The molecular weight excluding hydrogens is 295 g/mol. The molecule has 2 rings (SSSR count). The first-order chi connectivity index (χ1) is 9.87. The summed E-state index contributed by atoms with van der Waals surface area (Å²) in [7, 11) is -3.72. The predicted molar refractivity (Wildman–Crippen MR) is 78.8 cm³/mol. The maximum absolute atomic E-state index is 13.6. The van der Waals surface area contributed by atoms with Crippen LogP contribution in [0.4, 0.5) is 10.1 Å². The standard InChI is InChI=1S/C14H21FN2O3S/c1-10-8-12(9-13(16)14(10)15)21(19,20)17-6-3-2-4-11(17)5-7-18/h8-9,11,18H,2-7,16H2,1H3. The number of nitrogens with zero attached hydrogens (tertiary/aromatic N) is 1. The summed E-state index contributed by atoms with van der Waals surface area (Å²) in [4.78, 5) is 0.0174. The summed E-state index contributed by atoms with van der Waals surface area (Å²) >= 11 is 0. The van der Waals surface area contributed by atoms with Gasteiger partial charge in [0.2, 0.25) is 10.0 Å². The van der Waals surface area contributed by atoms with Crippen LogP contribution in [0.15, 0.2) is 17.0 Å². The number of rotatable bonds is 4. The molecule has 1 saturated heterocycles. The number of hydrogen-bond donors (Lipinski definition) is 2. The van der Waals surface area contributed by atoms with Gasteiger partial charge in [-0.3, -0.25) is 0 Å². The third-order valence-corrected chi connectivity index (χ3v) is 5.83. The Morgan fingerprint density at radius 1 is 1.43 bits per heavy atom. The number of aryl methyl sites for hydroxylation is 1. The van der Waals surface area contributed by atoms with Crippen LogP contribution in [-0.4, -0.2) is 37.0 Å². The number of hydrogen-bond acceptors (Lipinski definition) is 4. The van der Waals surface area contributed by atoms with Gasteiger partial charge >= 0.3 is 0 Å². The molecule has 1 unspecified atom stereocenters. The number of aliphatic hydroxyl groups is 1. The van der Waals surface area contributed by atoms with E-state index in [1.807, 2.05) is 0 Å². The van der Waals surface area contributed by atoms with E-state index in [9.17, 15) is 12.8 Å². The van der Waals surface area contributed by atoms with E-state index in [-0.39, 0.29) is 28.8 Å². The van der Waals surface area contributed by atoms with Crippen molar-refractivity contribution < 1.29 is 17.9 Å². The summed E-state index contributed by atoms with van der Waals surface area (Å²) in [5.41, 5.74) is 5.59. The maximum atomic E-state index is 13.6. The summed E-state index contributed by atoms with van der Waals surface area (Å²) < 4.78 is 40.5. The topological polar surface area (TPSA) is 83.6 Å². The smallest absolute Gasteiger partial charge is 0.243 e. The largest absolute Gasteiger partial charge is 0.396 e. The Morgan fingerprint density at radius 2 is 2.14 bits per heavy atom. The van der Waals surface area contributed by atoms with Gasteiger partial charge in [-0.1, -0.05) is 6.42 Å². The fraction of sp³-hybridized carbons (Fsp3) is 0.571. The molecule has 21 heavy (non-hydrogen) atoms. The van der Waals surface area contributed by atoms with Crippen LogP contribution in [0.25, 0.3) is 0 Å². The van der Waals surface area contributed by atoms with Gasteiger partial charge in [0.05, 0.1) is 10.6 Å². The van der Waals surface area contributed by atoms with E-state index in [2.05, 4.69) is 0 Å². The van der Waals surface area contributed by atoms with E-state index >= 15 is 0 Å². The van der Waals surface area contributed by atoms with Gasteiger partial charge in [0.25, 0.3) is 0 Å². The molecule has 1 atom stereocenters. The lowest BCUT2D eigenvalue weighted by atomic mass is 10.0. The molecule has 0 amide bonds. The number of sulfonamides is 1. The molecule has 0 spiro atoms. The molecule has 1 aromatic rings. The Morgan fingerprint density at radius 3 is 2.76 bits per heavy atom. The van der Waals surface area contributed by atoms with E-state index in [1.165, 1.54) is 23.4 Å². The molecule has 1 fully saturated rings. The van der Waals surface area contributed by atoms with Crippen LogP contribution in [0, 0.1) is 12.7 Å². The van der Waals surface area contributed by atoms with Gasteiger partial charge in [0, 0.05) is 19.2 Å². The summed E-state index contributed by atoms with van der Waals surface area (Å²) in [6, 6.07) is 2.27. The van der Waals surface area contributed by atoms with Crippen molar-refractivity contribution >= 4 is 15.7 Å². The van der Waals surface area contributed by atoms with Crippen LogP contribution in [0.1, 0.15) is 31.2 Å². The second-order valence-electron chi connectivity index (χ2n) is 5.42. The summed E-state index contributed by atoms with van der Waals surface area (Å²) in [5, 5.41) is 9.11. The van der Waals surface area contributed by atoms with Crippen molar-refractivity contribution in [3.05, 3.63) is 23.5 Å². The average Bonchev–Trinajstić information content (AvgIpc) is 2.45. The minimum atomic E-state index is -3.72. The Labute approximate surface area is 124 Å². The highest BCUT2D eigenvalue weighted by Gasteiger charge is 2.33. The molecule has 0 aliphatic carbocycles. The number of halogens is 1. The molecule has 7 heteroatoms. The molecule has 0 radical (unpaired) electrons. The molecule has 1 aliphatic heterocycles. The monoisotopic (exact) mass is 316 g/mol. The van der Waals surface area contributed by atoms with Crippen molar-refractivity contribution in [2.75, 3.05) is 18.9 Å². The van der Waals surface area contributed by atoms with Crippen LogP contribution < -0.4 is 5.73 Å². The lowest BCUT2D eigenvalue weighted by molar-refractivity contribution is 0.192. The second kappa shape index (κ2) is 6.29. The Bertz CT molecular complexity index is 594. The van der Waals surface area contributed by atoms with Crippen molar-refractivity contribution in [2.45, 2.75) is 43.5 Å². The van der Waals surface area contributed by atoms with E-state index in [1.54, 1.807) is 0 Å². The van der Waals surface area contributed by atoms with Gasteiger partial charge < -0.3 is 10.8 Å². The minimum Gasteiger partial charge on any atom is -0.396 e. The Kier molecular flexibility index (Phi) is 4.85. The molecule has 1 heterocycles. The predicted octanol–water partition coefficient (Wildman–Crippen LogP) is 1.64. The van der Waals surface area contributed by atoms with Gasteiger partial charge in [0.1, 0.15) is 5.82 Å². The molecule has 0 aromatic heterocycles. The van der Waals surface area contributed by atoms with Crippen molar-refractivity contribution in [1.82, 2.24) is 4.31 Å². The van der Waals surface area contributed by atoms with Gasteiger partial charge in [-0.2, -0.15) is 4.31 Å². The number of nitrogens with two attached hydrogens (primary N) is 1. The highest BCUT2D eigenvalue weighted by molar-refractivity contribution is 7.89. The molecule has 1 aliphatic rings. The zero-order valence-corrected chi connectivity index (χ0v) is 12.9. The average molecular weight is 316 g/mol. The molecule has 0 bridgehead atoms. The maximum Gasteiger partial charge on any atom is 0.243 e. The highest BCUT2D eigenvalue weighted by atomic mass is 32.2. The van der Waals surface area contributed by atoms with Gasteiger partial charge in [-0.15, -0.1) is 0 Å². The summed E-state index contributed by atoms with van der Waals surface area (Å²) in [6.07, 6.45) is 2.88. The first kappa shape index (κ1) is 16.2. The fourth-order valence-corrected chi connectivity index (χ4v) is 4.62. The summed E-state index contributed by atoms with van der Waals surface area (Å²) in [5.74, 6) is -0.584. The lowest BCUT2D eigenvalue weighted by Crippen LogP contribution is -2.44. The number of piperidine rings is 1. The lowest BCUT2D eigenvalue weighted by Gasteiger charge is -2.34. The Balaban J connectivity index is 2.40. The molecular formula is C14H21FN2O3S. The van der Waals surface area contributed by atoms with Gasteiger partial charge in [-0.25, -0.2) is 12.8 Å². The van der Waals surface area contributed by atoms with Crippen molar-refractivity contribution in [2.24, 2.45) is 0 Å². The number of benzene rings is 1.